The molecular formula is C28H34N6O2. The summed E-state index contributed by atoms with van der Waals surface area (Å²) in [5, 5.41) is 13.9. The third-order valence-electron chi connectivity index (χ3n) is 7.03. The number of nitrogens with one attached hydrogen (secondary N) is 1. The molecule has 36 heavy (non-hydrogen) atoms. The summed E-state index contributed by atoms with van der Waals surface area (Å²) in [7, 11) is 0. The van der Waals surface area contributed by atoms with Crippen molar-refractivity contribution in [3.05, 3.63) is 87.5 Å². The van der Waals surface area contributed by atoms with E-state index in [0.29, 0.717) is 19.6 Å². The van der Waals surface area contributed by atoms with E-state index >= 15 is 0 Å². The van der Waals surface area contributed by atoms with Crippen LogP contribution in [-0.2, 0) is 24.4 Å². The monoisotopic (exact) mass is 486 g/mol. The third-order valence-corrected chi connectivity index (χ3v) is 7.03. The summed E-state index contributed by atoms with van der Waals surface area (Å²) >= 11 is 0. The Kier molecular flexibility index (Phi) is 7.53. The first kappa shape index (κ1) is 24.3. The fraction of sp³-hybridized carbons (Fsp3) is 0.429. The molecule has 0 amide bonds. The maximum absolute atomic E-state index is 13.2. The zero-order valence-corrected chi connectivity index (χ0v) is 21.1. The number of nitrogens with zero attached hydrogens (tertiary/aromatic N) is 5. The number of hydrogen-bond donors (Lipinski definition) is 1. The summed E-state index contributed by atoms with van der Waals surface area (Å²) in [4.78, 5) is 18.6. The summed E-state index contributed by atoms with van der Waals surface area (Å²) in [6.07, 6.45) is 4.09. The molecule has 2 atom stereocenters. The number of H-pyrrole nitrogens is 1. The highest BCUT2D eigenvalue weighted by atomic mass is 16.5. The number of aromatic amines is 1. The molecule has 0 spiro atoms. The highest BCUT2D eigenvalue weighted by Gasteiger charge is 2.28. The minimum Gasteiger partial charge on any atom is -0.376 e. The fourth-order valence-electron chi connectivity index (χ4n) is 5.17. The van der Waals surface area contributed by atoms with Gasteiger partial charge in [-0.15, -0.1) is 5.10 Å². The molecule has 1 aliphatic heterocycles. The van der Waals surface area contributed by atoms with Gasteiger partial charge in [0.2, 0.25) is 0 Å². The first-order valence-electron chi connectivity index (χ1n) is 12.9. The molecule has 0 bridgehead atoms. The van der Waals surface area contributed by atoms with Crippen LogP contribution in [0.5, 0.6) is 0 Å². The standard InChI is InChI=1S/C28H34N6O2/c1-3-9-25(27-30-31-32-34(27)19-24-14-8-15-36-24)33(17-21-11-5-4-6-12-21)18-23-16-22-13-7-10-20(2)26(22)29-28(23)35/h4-7,10-13,16,24-25H,3,8-9,14-15,17-19H2,1-2H3,(H,29,35)/t24-,25-/m0/s1. The van der Waals surface area contributed by atoms with Crippen LogP contribution in [0.2, 0.25) is 0 Å². The van der Waals surface area contributed by atoms with Gasteiger partial charge in [-0.05, 0) is 59.2 Å². The van der Waals surface area contributed by atoms with E-state index in [2.05, 4.69) is 62.7 Å². The topological polar surface area (TPSA) is 88.9 Å². The van der Waals surface area contributed by atoms with Gasteiger partial charge in [-0.1, -0.05) is 61.9 Å². The summed E-state index contributed by atoms with van der Waals surface area (Å²) in [5.74, 6) is 0.830. The zero-order valence-electron chi connectivity index (χ0n) is 21.1. The number of rotatable bonds is 10. The maximum Gasteiger partial charge on any atom is 0.252 e. The quantitative estimate of drug-likeness (QED) is 0.354. The molecule has 5 rings (SSSR count). The van der Waals surface area contributed by atoms with E-state index in [1.165, 1.54) is 5.56 Å². The second-order valence-corrected chi connectivity index (χ2v) is 9.71. The van der Waals surface area contributed by atoms with Gasteiger partial charge in [-0.2, -0.15) is 0 Å². The van der Waals surface area contributed by atoms with Crippen molar-refractivity contribution < 1.29 is 4.74 Å². The van der Waals surface area contributed by atoms with Crippen LogP contribution in [0, 0.1) is 6.92 Å². The Morgan fingerprint density at radius 3 is 2.81 bits per heavy atom. The minimum atomic E-state index is -0.0518. The summed E-state index contributed by atoms with van der Waals surface area (Å²) in [6.45, 7) is 6.82. The Morgan fingerprint density at radius 1 is 1.17 bits per heavy atom. The highest BCUT2D eigenvalue weighted by molar-refractivity contribution is 5.81. The highest BCUT2D eigenvalue weighted by Crippen LogP contribution is 2.29. The number of pyridine rings is 1. The Hall–Kier alpha value is -3.36. The van der Waals surface area contributed by atoms with Crippen molar-refractivity contribution in [3.8, 4) is 0 Å². The molecule has 1 aliphatic rings. The normalized spacial score (nSPS) is 16.7. The average Bonchev–Trinajstić information content (AvgIpc) is 3.57. The Morgan fingerprint density at radius 2 is 2.03 bits per heavy atom. The lowest BCUT2D eigenvalue weighted by Gasteiger charge is -2.31. The molecule has 0 radical (unpaired) electrons. The lowest BCUT2D eigenvalue weighted by Crippen LogP contribution is -2.33. The van der Waals surface area contributed by atoms with Crippen molar-refractivity contribution in [3.63, 3.8) is 0 Å². The minimum absolute atomic E-state index is 0.0424. The van der Waals surface area contributed by atoms with E-state index in [-0.39, 0.29) is 17.7 Å². The number of aryl methyl sites for hydroxylation is 1. The first-order valence-corrected chi connectivity index (χ1v) is 12.9. The smallest absolute Gasteiger partial charge is 0.252 e. The van der Waals surface area contributed by atoms with Crippen LogP contribution in [-0.4, -0.2) is 42.8 Å². The molecule has 8 nitrogen and oxygen atoms in total. The number of fused-ring (bicyclic) bond motifs is 1. The molecule has 0 saturated carbocycles. The van der Waals surface area contributed by atoms with Gasteiger partial charge >= 0.3 is 0 Å². The second-order valence-electron chi connectivity index (χ2n) is 9.71. The number of aromatic nitrogens is 5. The van der Waals surface area contributed by atoms with Crippen LogP contribution < -0.4 is 5.56 Å². The van der Waals surface area contributed by atoms with Crippen molar-refractivity contribution in [1.82, 2.24) is 30.1 Å². The molecular weight excluding hydrogens is 452 g/mol. The second kappa shape index (κ2) is 11.1. The van der Waals surface area contributed by atoms with Crippen molar-refractivity contribution in [2.24, 2.45) is 0 Å². The van der Waals surface area contributed by atoms with E-state index in [4.69, 9.17) is 4.74 Å². The third kappa shape index (κ3) is 5.39. The molecule has 1 saturated heterocycles. The molecule has 2 aromatic carbocycles. The molecule has 3 heterocycles. The van der Waals surface area contributed by atoms with Gasteiger partial charge in [0, 0.05) is 25.3 Å². The van der Waals surface area contributed by atoms with Crippen LogP contribution in [0.15, 0.2) is 59.4 Å². The van der Waals surface area contributed by atoms with Crippen LogP contribution in [0.4, 0.5) is 0 Å². The first-order chi connectivity index (χ1) is 17.6. The average molecular weight is 487 g/mol. The number of tetrazole rings is 1. The van der Waals surface area contributed by atoms with Gasteiger partial charge in [0.1, 0.15) is 0 Å². The molecule has 2 aromatic heterocycles. The summed E-state index contributed by atoms with van der Waals surface area (Å²) < 4.78 is 7.77. The van der Waals surface area contributed by atoms with Gasteiger partial charge in [-0.25, -0.2) is 4.68 Å². The SMILES string of the molecule is CCC[C@@H](c1nnnn1C[C@@H]1CCCO1)N(Cc1ccccc1)Cc1cc2cccc(C)c2[nH]c1=O. The van der Waals surface area contributed by atoms with Crippen molar-refractivity contribution >= 4 is 10.9 Å². The number of ether oxygens (including phenoxy) is 1. The van der Waals surface area contributed by atoms with Crippen molar-refractivity contribution in [2.75, 3.05) is 6.61 Å². The molecule has 8 heteroatoms. The van der Waals surface area contributed by atoms with Crippen molar-refractivity contribution in [1.29, 1.82) is 0 Å². The van der Waals surface area contributed by atoms with E-state index in [1.54, 1.807) is 0 Å². The summed E-state index contributed by atoms with van der Waals surface area (Å²) in [5.41, 5.74) is 3.83. The van der Waals surface area contributed by atoms with E-state index in [1.807, 2.05) is 35.9 Å². The largest absolute Gasteiger partial charge is 0.376 e. The molecule has 0 unspecified atom stereocenters. The molecule has 188 valence electrons. The van der Waals surface area contributed by atoms with Crippen LogP contribution in [0.3, 0.4) is 0 Å². The van der Waals surface area contributed by atoms with Gasteiger partial charge in [0.25, 0.3) is 5.56 Å². The fourth-order valence-corrected chi connectivity index (χ4v) is 5.17. The lowest BCUT2D eigenvalue weighted by molar-refractivity contribution is 0.0885. The Bertz CT molecular complexity index is 1340. The number of para-hydroxylation sites is 1. The van der Waals surface area contributed by atoms with E-state index < -0.39 is 0 Å². The van der Waals surface area contributed by atoms with Crippen LogP contribution in [0.25, 0.3) is 10.9 Å². The van der Waals surface area contributed by atoms with Crippen LogP contribution >= 0.6 is 0 Å². The predicted octanol–water partition coefficient (Wildman–Crippen LogP) is 4.55. The zero-order chi connectivity index (χ0) is 24.9. The number of hydrogen-bond acceptors (Lipinski definition) is 6. The van der Waals surface area contributed by atoms with Gasteiger partial charge in [0.15, 0.2) is 5.82 Å². The Labute approximate surface area is 211 Å². The predicted molar refractivity (Wildman–Crippen MR) is 139 cm³/mol. The number of benzene rings is 2. The molecule has 4 aromatic rings. The van der Waals surface area contributed by atoms with Gasteiger partial charge in [0.05, 0.1) is 24.2 Å². The van der Waals surface area contributed by atoms with E-state index in [0.717, 1.165) is 60.1 Å². The van der Waals surface area contributed by atoms with Gasteiger partial charge < -0.3 is 9.72 Å². The molecule has 1 N–H and O–H groups in total. The summed E-state index contributed by atoms with van der Waals surface area (Å²) in [6, 6.07) is 18.5. The van der Waals surface area contributed by atoms with Crippen LogP contribution in [0.1, 0.15) is 61.2 Å². The van der Waals surface area contributed by atoms with Crippen molar-refractivity contribution in [2.45, 2.75) is 71.3 Å². The Balaban J connectivity index is 1.51. The molecule has 0 aliphatic carbocycles. The lowest BCUT2D eigenvalue weighted by atomic mass is 10.0. The van der Waals surface area contributed by atoms with Gasteiger partial charge in [-0.3, -0.25) is 9.69 Å². The van der Waals surface area contributed by atoms with E-state index in [9.17, 15) is 4.79 Å². The molecule has 1 fully saturated rings. The maximum atomic E-state index is 13.2.